The molecule has 1 nitrogen and oxygen atoms in total. The molecule has 3 heteroatoms. The molecule has 0 amide bonds. The first kappa shape index (κ1) is 9.04. The largest absolute Gasteiger partial charge is 0.395 e. The van der Waals surface area contributed by atoms with E-state index >= 15 is 0 Å². The quantitative estimate of drug-likeness (QED) is 0.761. The summed E-state index contributed by atoms with van der Waals surface area (Å²) in [7, 11) is 0. The van der Waals surface area contributed by atoms with Crippen LogP contribution >= 0.6 is 22.9 Å². The summed E-state index contributed by atoms with van der Waals surface area (Å²) in [5, 5.41) is 9.02. The maximum absolute atomic E-state index is 9.02. The third kappa shape index (κ3) is 1.95. The average Bonchev–Trinajstić information content (AvgIpc) is 2.36. The minimum Gasteiger partial charge on any atom is -0.395 e. The van der Waals surface area contributed by atoms with Crippen LogP contribution in [0.3, 0.4) is 0 Å². The van der Waals surface area contributed by atoms with Crippen LogP contribution in [0.4, 0.5) is 0 Å². The van der Waals surface area contributed by atoms with Gasteiger partial charge in [-0.15, -0.1) is 11.3 Å². The van der Waals surface area contributed by atoms with Gasteiger partial charge >= 0.3 is 0 Å². The number of halogens is 1. The summed E-state index contributed by atoms with van der Waals surface area (Å²) < 4.78 is 0.779. The van der Waals surface area contributed by atoms with E-state index in [-0.39, 0.29) is 12.0 Å². The Hall–Kier alpha value is -0.0500. The molecule has 0 saturated carbocycles. The molecule has 0 fully saturated rings. The van der Waals surface area contributed by atoms with E-state index in [0.29, 0.717) is 0 Å². The molecule has 0 unspecified atom stereocenters. The molecule has 0 bridgehead atoms. The van der Waals surface area contributed by atoms with Crippen LogP contribution < -0.4 is 0 Å². The maximum atomic E-state index is 9.02. The van der Waals surface area contributed by atoms with Gasteiger partial charge in [0.2, 0.25) is 0 Å². The first-order valence-electron chi connectivity index (χ1n) is 3.43. The molecule has 1 heterocycles. The molecule has 0 saturated heterocycles. The van der Waals surface area contributed by atoms with Gasteiger partial charge in [0.15, 0.2) is 0 Å². The number of aliphatic hydroxyl groups is 1. The predicted octanol–water partition coefficient (Wildman–Crippen LogP) is 2.67. The molecule has 11 heavy (non-hydrogen) atoms. The lowest BCUT2D eigenvalue weighted by Crippen LogP contribution is -2.20. The fourth-order valence-electron chi connectivity index (χ4n) is 0.756. The van der Waals surface area contributed by atoms with Crippen LogP contribution in [0.5, 0.6) is 0 Å². The van der Waals surface area contributed by atoms with Crippen molar-refractivity contribution >= 4 is 22.9 Å². The SMILES string of the molecule is CC(C)(CO)c1ccc(Cl)s1. The van der Waals surface area contributed by atoms with Gasteiger partial charge in [-0.05, 0) is 12.1 Å². The first-order chi connectivity index (χ1) is 5.06. The number of thiophene rings is 1. The number of hydrogen-bond donors (Lipinski definition) is 1. The molecule has 0 aromatic carbocycles. The average molecular weight is 191 g/mol. The van der Waals surface area contributed by atoms with Crippen LogP contribution in [0.2, 0.25) is 4.34 Å². The van der Waals surface area contributed by atoms with Crippen molar-refractivity contribution in [1.29, 1.82) is 0 Å². The van der Waals surface area contributed by atoms with Crippen LogP contribution in [0.15, 0.2) is 12.1 Å². The number of aliphatic hydroxyl groups excluding tert-OH is 1. The van der Waals surface area contributed by atoms with Gasteiger partial charge in [0, 0.05) is 10.3 Å². The van der Waals surface area contributed by atoms with Crippen molar-refractivity contribution in [3.05, 3.63) is 21.3 Å². The fraction of sp³-hybridized carbons (Fsp3) is 0.500. The Morgan fingerprint density at radius 2 is 2.18 bits per heavy atom. The van der Waals surface area contributed by atoms with Gasteiger partial charge in [0.25, 0.3) is 0 Å². The molecule has 0 radical (unpaired) electrons. The molecule has 1 N–H and O–H groups in total. The highest BCUT2D eigenvalue weighted by molar-refractivity contribution is 7.16. The van der Waals surface area contributed by atoms with Gasteiger partial charge in [0.1, 0.15) is 0 Å². The summed E-state index contributed by atoms with van der Waals surface area (Å²) in [6.07, 6.45) is 0. The zero-order chi connectivity index (χ0) is 8.48. The van der Waals surface area contributed by atoms with E-state index in [1.165, 1.54) is 11.3 Å². The van der Waals surface area contributed by atoms with E-state index < -0.39 is 0 Å². The summed E-state index contributed by atoms with van der Waals surface area (Å²) in [6, 6.07) is 3.82. The molecular weight excluding hydrogens is 180 g/mol. The second-order valence-electron chi connectivity index (χ2n) is 3.15. The Labute approximate surface area is 75.6 Å². The summed E-state index contributed by atoms with van der Waals surface area (Å²) >= 11 is 7.29. The van der Waals surface area contributed by atoms with Crippen molar-refractivity contribution in [3.8, 4) is 0 Å². The molecule has 0 aliphatic carbocycles. The van der Waals surface area contributed by atoms with Crippen molar-refractivity contribution in [3.63, 3.8) is 0 Å². The summed E-state index contributed by atoms with van der Waals surface area (Å²) in [4.78, 5) is 1.13. The first-order valence-corrected chi connectivity index (χ1v) is 4.62. The van der Waals surface area contributed by atoms with Gasteiger partial charge < -0.3 is 5.11 Å². The lowest BCUT2D eigenvalue weighted by atomic mass is 9.93. The normalized spacial score (nSPS) is 12.0. The fourth-order valence-corrected chi connectivity index (χ4v) is 1.89. The van der Waals surface area contributed by atoms with Crippen LogP contribution in [-0.4, -0.2) is 11.7 Å². The summed E-state index contributed by atoms with van der Waals surface area (Å²) in [6.45, 7) is 4.15. The minimum atomic E-state index is -0.155. The zero-order valence-corrected chi connectivity index (χ0v) is 8.17. The highest BCUT2D eigenvalue weighted by Crippen LogP contribution is 2.31. The molecule has 0 spiro atoms. The lowest BCUT2D eigenvalue weighted by Gasteiger charge is -2.18. The van der Waals surface area contributed by atoms with E-state index in [9.17, 15) is 0 Å². The summed E-state index contributed by atoms with van der Waals surface area (Å²) in [5.41, 5.74) is -0.155. The Morgan fingerprint density at radius 1 is 1.55 bits per heavy atom. The Morgan fingerprint density at radius 3 is 2.55 bits per heavy atom. The monoisotopic (exact) mass is 190 g/mol. The third-order valence-corrected chi connectivity index (χ3v) is 3.23. The Kier molecular flexibility index (Phi) is 2.58. The second kappa shape index (κ2) is 3.13. The number of hydrogen-bond acceptors (Lipinski definition) is 2. The number of rotatable bonds is 2. The van der Waals surface area contributed by atoms with Crippen molar-refractivity contribution in [2.75, 3.05) is 6.61 Å². The van der Waals surface area contributed by atoms with Gasteiger partial charge in [0.05, 0.1) is 10.9 Å². The van der Waals surface area contributed by atoms with Crippen molar-refractivity contribution in [2.24, 2.45) is 0 Å². The highest BCUT2D eigenvalue weighted by atomic mass is 35.5. The van der Waals surface area contributed by atoms with Gasteiger partial charge in [-0.3, -0.25) is 0 Å². The molecule has 0 aliphatic rings. The topological polar surface area (TPSA) is 20.2 Å². The third-order valence-electron chi connectivity index (χ3n) is 1.64. The van der Waals surface area contributed by atoms with E-state index in [1.54, 1.807) is 0 Å². The molecule has 0 atom stereocenters. The predicted molar refractivity (Wildman–Crippen MR) is 49.4 cm³/mol. The zero-order valence-electron chi connectivity index (χ0n) is 6.60. The van der Waals surface area contributed by atoms with E-state index in [4.69, 9.17) is 16.7 Å². The minimum absolute atomic E-state index is 0.155. The van der Waals surface area contributed by atoms with Crippen molar-refractivity contribution in [1.82, 2.24) is 0 Å². The van der Waals surface area contributed by atoms with Crippen LogP contribution in [0.1, 0.15) is 18.7 Å². The molecule has 1 aromatic heterocycles. The van der Waals surface area contributed by atoms with Crippen LogP contribution in [-0.2, 0) is 5.41 Å². The molecule has 0 aliphatic heterocycles. The van der Waals surface area contributed by atoms with Crippen molar-refractivity contribution in [2.45, 2.75) is 19.3 Å². The summed E-state index contributed by atoms with van der Waals surface area (Å²) in [5.74, 6) is 0. The second-order valence-corrected chi connectivity index (χ2v) is 4.86. The molecule has 1 rings (SSSR count). The Bertz CT molecular complexity index is 242. The van der Waals surface area contributed by atoms with Crippen LogP contribution in [0.25, 0.3) is 0 Å². The molecule has 62 valence electrons. The highest BCUT2D eigenvalue weighted by Gasteiger charge is 2.20. The van der Waals surface area contributed by atoms with Gasteiger partial charge in [-0.2, -0.15) is 0 Å². The lowest BCUT2D eigenvalue weighted by molar-refractivity contribution is 0.221. The van der Waals surface area contributed by atoms with Gasteiger partial charge in [-0.25, -0.2) is 0 Å². The van der Waals surface area contributed by atoms with Crippen LogP contribution in [0, 0.1) is 0 Å². The van der Waals surface area contributed by atoms with E-state index in [2.05, 4.69) is 0 Å². The van der Waals surface area contributed by atoms with Crippen molar-refractivity contribution < 1.29 is 5.11 Å². The van der Waals surface area contributed by atoms with E-state index in [0.717, 1.165) is 9.21 Å². The molecular formula is C8H11ClOS. The standard InChI is InChI=1S/C8H11ClOS/c1-8(2,5-10)6-3-4-7(9)11-6/h3-4,10H,5H2,1-2H3. The van der Waals surface area contributed by atoms with E-state index in [1.807, 2.05) is 26.0 Å². The van der Waals surface area contributed by atoms with Gasteiger partial charge in [-0.1, -0.05) is 25.4 Å². The maximum Gasteiger partial charge on any atom is 0.0931 e. The Balaban J connectivity index is 2.92. The smallest absolute Gasteiger partial charge is 0.0931 e. The molecule has 1 aromatic rings.